The predicted molar refractivity (Wildman–Crippen MR) is 108 cm³/mol. The molecular weight excluding hydrogens is 364 g/mol. The molecule has 0 aromatic rings. The monoisotopic (exact) mass is 403 g/mol. The Bertz CT molecular complexity index is 501. The lowest BCUT2D eigenvalue weighted by Gasteiger charge is -2.30. The molecule has 2 fully saturated rings. The third kappa shape index (κ3) is 8.00. The highest BCUT2D eigenvalue weighted by Gasteiger charge is 2.45. The Balaban J connectivity index is 1.95. The quantitative estimate of drug-likeness (QED) is 0.344. The molecule has 1 saturated heterocycles. The molecule has 1 aliphatic heterocycles. The maximum atomic E-state index is 11.7. The van der Waals surface area contributed by atoms with Crippen LogP contribution >= 0.6 is 0 Å². The Morgan fingerprint density at radius 2 is 1.78 bits per heavy atom. The van der Waals surface area contributed by atoms with E-state index in [1.165, 1.54) is 32.1 Å². The average Bonchev–Trinajstić information content (AvgIpc) is 2.93. The zero-order valence-corrected chi connectivity index (χ0v) is 18.1. The summed E-state index contributed by atoms with van der Waals surface area (Å²) in [6.07, 6.45) is 13.7. The van der Waals surface area contributed by atoms with Crippen LogP contribution in [0.5, 0.6) is 0 Å². The Labute approximate surface area is 166 Å². The third-order valence-electron chi connectivity index (χ3n) is 5.96. The van der Waals surface area contributed by atoms with Crippen LogP contribution in [0.1, 0.15) is 84.0 Å². The zero-order chi connectivity index (χ0) is 19.7. The summed E-state index contributed by atoms with van der Waals surface area (Å²) < 4.78 is 40.9. The summed E-state index contributed by atoms with van der Waals surface area (Å²) in [7, 11) is -3.48. The molecular formula is C21H39O5S. The van der Waals surface area contributed by atoms with Crippen LogP contribution in [-0.2, 0) is 23.8 Å². The van der Waals surface area contributed by atoms with Gasteiger partial charge in [-0.3, -0.25) is 4.18 Å². The first-order chi connectivity index (χ1) is 12.9. The molecule has 1 saturated carbocycles. The average molecular weight is 404 g/mol. The Morgan fingerprint density at radius 3 is 2.41 bits per heavy atom. The summed E-state index contributed by atoms with van der Waals surface area (Å²) in [5.74, 6) is 0.426. The minimum absolute atomic E-state index is 0.00208. The van der Waals surface area contributed by atoms with Crippen molar-refractivity contribution in [2.24, 2.45) is 11.8 Å². The summed E-state index contributed by atoms with van der Waals surface area (Å²) in [4.78, 5) is 0. The van der Waals surface area contributed by atoms with Crippen LogP contribution in [0.15, 0.2) is 0 Å². The Hall–Kier alpha value is -0.170. The predicted octanol–water partition coefficient (Wildman–Crippen LogP) is 4.85. The van der Waals surface area contributed by atoms with Gasteiger partial charge in [0.2, 0.25) is 0 Å². The SMILES string of the molecule is [CH2]C[C@@H]1[C@@H](CCCCCCCC)[C@H](OC2CCCCO2)C[C@@H]1OS(C)(=O)=O. The first kappa shape index (κ1) is 23.1. The van der Waals surface area contributed by atoms with Crippen LogP contribution in [0.4, 0.5) is 0 Å². The molecule has 5 atom stereocenters. The van der Waals surface area contributed by atoms with Gasteiger partial charge in [0.15, 0.2) is 6.29 Å². The minimum Gasteiger partial charge on any atom is -0.353 e. The number of hydrogen-bond donors (Lipinski definition) is 0. The van der Waals surface area contributed by atoms with Crippen molar-refractivity contribution >= 4 is 10.1 Å². The van der Waals surface area contributed by atoms with Crippen LogP contribution in [0.25, 0.3) is 0 Å². The molecule has 1 unspecified atom stereocenters. The fourth-order valence-electron chi connectivity index (χ4n) is 4.60. The third-order valence-corrected chi connectivity index (χ3v) is 6.55. The van der Waals surface area contributed by atoms with Gasteiger partial charge in [0.05, 0.1) is 18.5 Å². The summed E-state index contributed by atoms with van der Waals surface area (Å²) >= 11 is 0. The van der Waals surface area contributed by atoms with Gasteiger partial charge in [-0.1, -0.05) is 52.4 Å². The summed E-state index contributed by atoms with van der Waals surface area (Å²) in [6, 6.07) is 0. The fraction of sp³-hybridized carbons (Fsp3) is 0.952. The maximum Gasteiger partial charge on any atom is 0.264 e. The van der Waals surface area contributed by atoms with E-state index in [-0.39, 0.29) is 24.4 Å². The van der Waals surface area contributed by atoms with Gasteiger partial charge in [-0.05, 0) is 43.9 Å². The standard InChI is InChI=1S/C21H39O5S/c1-4-6-7-8-9-10-13-18-17(5-2)20(26-27(3,22)23)16-19(18)25-21-14-11-12-15-24-21/h17-21H,2,4-16H2,1,3H3/t17-,18-,19-,20+,21?/m1/s1. The first-order valence-electron chi connectivity index (χ1n) is 10.9. The number of unbranched alkanes of at least 4 members (excludes halogenated alkanes) is 5. The second kappa shape index (κ2) is 11.7. The van der Waals surface area contributed by atoms with Gasteiger partial charge in [-0.25, -0.2) is 0 Å². The molecule has 0 aromatic heterocycles. The van der Waals surface area contributed by atoms with E-state index in [0.717, 1.165) is 45.0 Å². The number of ether oxygens (including phenoxy) is 2. The molecule has 1 aliphatic carbocycles. The van der Waals surface area contributed by atoms with Gasteiger partial charge in [-0.15, -0.1) is 0 Å². The van der Waals surface area contributed by atoms with Gasteiger partial charge in [0.1, 0.15) is 0 Å². The van der Waals surface area contributed by atoms with E-state index in [2.05, 4.69) is 13.8 Å². The highest BCUT2D eigenvalue weighted by Crippen LogP contribution is 2.42. The molecule has 2 aliphatic rings. The van der Waals surface area contributed by atoms with Crippen molar-refractivity contribution in [3.63, 3.8) is 0 Å². The van der Waals surface area contributed by atoms with Crippen LogP contribution < -0.4 is 0 Å². The van der Waals surface area contributed by atoms with Crippen molar-refractivity contribution in [2.45, 2.75) is 102 Å². The van der Waals surface area contributed by atoms with Gasteiger partial charge in [0.25, 0.3) is 10.1 Å². The van der Waals surface area contributed by atoms with E-state index in [9.17, 15) is 8.42 Å². The summed E-state index contributed by atoms with van der Waals surface area (Å²) in [5.41, 5.74) is 0. The molecule has 0 aromatic carbocycles. The minimum atomic E-state index is -3.48. The molecule has 159 valence electrons. The molecule has 2 rings (SSSR count). The lowest BCUT2D eigenvalue weighted by molar-refractivity contribution is -0.196. The Morgan fingerprint density at radius 1 is 1.04 bits per heavy atom. The number of hydrogen-bond acceptors (Lipinski definition) is 5. The van der Waals surface area contributed by atoms with E-state index < -0.39 is 10.1 Å². The van der Waals surface area contributed by atoms with Gasteiger partial charge in [-0.2, -0.15) is 8.42 Å². The summed E-state index contributed by atoms with van der Waals surface area (Å²) in [5, 5.41) is 0. The lowest BCUT2D eigenvalue weighted by Crippen LogP contribution is -2.31. The molecule has 0 N–H and O–H groups in total. The van der Waals surface area contributed by atoms with Crippen LogP contribution in [0, 0.1) is 18.8 Å². The molecule has 0 spiro atoms. The number of rotatable bonds is 12. The topological polar surface area (TPSA) is 61.8 Å². The van der Waals surface area contributed by atoms with Crippen molar-refractivity contribution in [3.8, 4) is 0 Å². The van der Waals surface area contributed by atoms with Gasteiger partial charge in [0, 0.05) is 13.0 Å². The van der Waals surface area contributed by atoms with Gasteiger partial charge < -0.3 is 9.47 Å². The highest BCUT2D eigenvalue weighted by molar-refractivity contribution is 7.86. The Kier molecular flexibility index (Phi) is 10.0. The van der Waals surface area contributed by atoms with Crippen LogP contribution in [0.2, 0.25) is 0 Å². The van der Waals surface area contributed by atoms with Crippen molar-refractivity contribution in [1.29, 1.82) is 0 Å². The maximum absolute atomic E-state index is 11.7. The normalized spacial score (nSPS) is 32.0. The second-order valence-corrected chi connectivity index (χ2v) is 9.82. The lowest BCUT2D eigenvalue weighted by atomic mass is 9.86. The van der Waals surface area contributed by atoms with E-state index in [0.29, 0.717) is 18.8 Å². The molecule has 1 heterocycles. The first-order valence-corrected chi connectivity index (χ1v) is 12.7. The van der Waals surface area contributed by atoms with E-state index in [4.69, 9.17) is 13.7 Å². The summed E-state index contributed by atoms with van der Waals surface area (Å²) in [6.45, 7) is 7.07. The second-order valence-electron chi connectivity index (χ2n) is 8.22. The highest BCUT2D eigenvalue weighted by atomic mass is 32.2. The van der Waals surface area contributed by atoms with Crippen molar-refractivity contribution in [2.75, 3.05) is 12.9 Å². The molecule has 5 nitrogen and oxygen atoms in total. The van der Waals surface area contributed by atoms with Crippen LogP contribution in [-0.4, -0.2) is 39.8 Å². The zero-order valence-electron chi connectivity index (χ0n) is 17.2. The van der Waals surface area contributed by atoms with Crippen molar-refractivity contribution in [3.05, 3.63) is 6.92 Å². The van der Waals surface area contributed by atoms with Crippen molar-refractivity contribution in [1.82, 2.24) is 0 Å². The van der Waals surface area contributed by atoms with E-state index >= 15 is 0 Å². The van der Waals surface area contributed by atoms with Gasteiger partial charge >= 0.3 is 0 Å². The molecule has 0 amide bonds. The van der Waals surface area contributed by atoms with E-state index in [1.54, 1.807) is 0 Å². The van der Waals surface area contributed by atoms with E-state index in [1.807, 2.05) is 0 Å². The van der Waals surface area contributed by atoms with Crippen LogP contribution in [0.3, 0.4) is 0 Å². The van der Waals surface area contributed by atoms with Crippen molar-refractivity contribution < 1.29 is 22.1 Å². The fourth-order valence-corrected chi connectivity index (χ4v) is 5.27. The molecule has 6 heteroatoms. The largest absolute Gasteiger partial charge is 0.353 e. The molecule has 1 radical (unpaired) electrons. The molecule has 27 heavy (non-hydrogen) atoms. The smallest absolute Gasteiger partial charge is 0.264 e. The molecule has 0 bridgehead atoms.